The van der Waals surface area contributed by atoms with Gasteiger partial charge in [-0.3, -0.25) is 4.90 Å². The zero-order valence-electron chi connectivity index (χ0n) is 5.84. The van der Waals surface area contributed by atoms with Crippen LogP contribution in [0.5, 0.6) is 0 Å². The molecule has 0 amide bonds. The van der Waals surface area contributed by atoms with E-state index in [-0.39, 0.29) is 13.5 Å². The van der Waals surface area contributed by atoms with Crippen LogP contribution >= 0.6 is 13.5 Å². The van der Waals surface area contributed by atoms with Gasteiger partial charge in [-0.05, 0) is 7.05 Å². The fourth-order valence-electron chi connectivity index (χ4n) is 0.515. The molecule has 0 spiro atoms. The van der Waals surface area contributed by atoms with Crippen molar-refractivity contribution in [3.63, 3.8) is 0 Å². The Bertz CT molecular complexity index is 71.0. The van der Waals surface area contributed by atoms with Crippen molar-refractivity contribution in [2.24, 2.45) is 0 Å². The molecule has 0 bridgehead atoms. The fourth-order valence-corrected chi connectivity index (χ4v) is 0.515. The molecular formula is C7H13NS. The van der Waals surface area contributed by atoms with Crippen molar-refractivity contribution < 1.29 is 0 Å². The molecule has 0 aliphatic carbocycles. The van der Waals surface area contributed by atoms with Gasteiger partial charge < -0.3 is 0 Å². The molecule has 0 aromatic carbocycles. The summed E-state index contributed by atoms with van der Waals surface area (Å²) in [6.45, 7) is 9.09. The normalized spacial score (nSPS) is 8.22. The van der Waals surface area contributed by atoms with Crippen LogP contribution in [0.3, 0.4) is 0 Å². The molecule has 0 aromatic rings. The largest absolute Gasteiger partial charge is 0.299 e. The zero-order valence-corrected chi connectivity index (χ0v) is 6.66. The summed E-state index contributed by atoms with van der Waals surface area (Å²) in [5, 5.41) is 0. The van der Waals surface area contributed by atoms with Crippen LogP contribution in [0.4, 0.5) is 0 Å². The number of hydrogen-bond acceptors (Lipinski definition) is 1. The molecule has 0 aliphatic heterocycles. The predicted octanol–water partition coefficient (Wildman–Crippen LogP) is 1.94. The van der Waals surface area contributed by atoms with Gasteiger partial charge in [0, 0.05) is 26.6 Å². The summed E-state index contributed by atoms with van der Waals surface area (Å²) in [7, 11) is 2.03. The van der Waals surface area contributed by atoms with Crippen LogP contribution in [0.2, 0.25) is 0 Å². The van der Waals surface area contributed by atoms with Gasteiger partial charge in [0.1, 0.15) is 0 Å². The molecule has 0 fully saturated rings. The Morgan fingerprint density at radius 1 is 1.22 bits per heavy atom. The molecule has 52 valence electrons. The first-order chi connectivity index (χ1) is 3.81. The lowest BCUT2D eigenvalue weighted by Crippen LogP contribution is -2.17. The summed E-state index contributed by atoms with van der Waals surface area (Å²) in [5.74, 6) is 0. The minimum Gasteiger partial charge on any atom is -0.299 e. The molecule has 0 saturated heterocycles. The van der Waals surface area contributed by atoms with E-state index < -0.39 is 0 Å². The summed E-state index contributed by atoms with van der Waals surface area (Å²) < 4.78 is 0. The average molecular weight is 143 g/mol. The molecule has 9 heavy (non-hydrogen) atoms. The maximum absolute atomic E-state index is 3.61. The second kappa shape index (κ2) is 7.79. The lowest BCUT2D eigenvalue weighted by Gasteiger charge is -2.09. The first-order valence-corrected chi connectivity index (χ1v) is 2.71. The molecule has 2 heteroatoms. The summed E-state index contributed by atoms with van der Waals surface area (Å²) in [4.78, 5) is 2.12. The molecule has 0 rings (SSSR count). The average Bonchev–Trinajstić information content (AvgIpc) is 1.68. The van der Waals surface area contributed by atoms with Crippen molar-refractivity contribution in [1.82, 2.24) is 4.90 Å². The molecule has 0 unspecified atom stereocenters. The molecule has 0 heterocycles. The molecule has 1 nitrogen and oxygen atoms in total. The highest BCUT2D eigenvalue weighted by molar-refractivity contribution is 7.59. The quantitative estimate of drug-likeness (QED) is 0.544. The molecule has 0 aliphatic rings. The minimum atomic E-state index is 0. The Kier molecular flexibility index (Phi) is 10.0. The van der Waals surface area contributed by atoms with Crippen LogP contribution in [0, 0.1) is 0 Å². The summed E-state index contributed by atoms with van der Waals surface area (Å²) in [5.41, 5.74) is 0. The van der Waals surface area contributed by atoms with E-state index in [4.69, 9.17) is 0 Å². The maximum Gasteiger partial charge on any atom is 0.0160 e. The predicted molar refractivity (Wildman–Crippen MR) is 45.5 cm³/mol. The maximum atomic E-state index is 3.61. The smallest absolute Gasteiger partial charge is 0.0160 e. The van der Waals surface area contributed by atoms with E-state index in [2.05, 4.69) is 18.1 Å². The van der Waals surface area contributed by atoms with Crippen molar-refractivity contribution in [2.75, 3.05) is 20.1 Å². The van der Waals surface area contributed by atoms with Crippen molar-refractivity contribution in [1.29, 1.82) is 0 Å². The van der Waals surface area contributed by atoms with Gasteiger partial charge in [-0.15, -0.1) is 13.2 Å². The van der Waals surface area contributed by atoms with Gasteiger partial charge in [0.05, 0.1) is 0 Å². The number of nitrogens with zero attached hydrogens (tertiary/aromatic N) is 1. The lowest BCUT2D eigenvalue weighted by atomic mass is 10.5. The second-order valence-corrected chi connectivity index (χ2v) is 1.80. The number of hydrogen-bond donors (Lipinski definition) is 0. The van der Waals surface area contributed by atoms with E-state index in [0.29, 0.717) is 0 Å². The first kappa shape index (κ1) is 11.6. The Hall–Kier alpha value is -0.210. The minimum absolute atomic E-state index is 0. The van der Waals surface area contributed by atoms with Gasteiger partial charge in [-0.2, -0.15) is 0 Å². The van der Waals surface area contributed by atoms with E-state index in [1.165, 1.54) is 0 Å². The third-order valence-electron chi connectivity index (χ3n) is 0.882. The Morgan fingerprint density at radius 2 is 1.56 bits per heavy atom. The SMILES string of the molecule is C=CCN(C)CC=C.[S]. The molecular weight excluding hydrogens is 130 g/mol. The molecule has 0 saturated carbocycles. The van der Waals surface area contributed by atoms with Crippen LogP contribution in [-0.2, 0) is 0 Å². The van der Waals surface area contributed by atoms with Crippen LogP contribution < -0.4 is 0 Å². The van der Waals surface area contributed by atoms with Gasteiger partial charge in [-0.1, -0.05) is 12.2 Å². The van der Waals surface area contributed by atoms with Crippen molar-refractivity contribution >= 4 is 13.5 Å². The van der Waals surface area contributed by atoms with Gasteiger partial charge in [0.25, 0.3) is 0 Å². The second-order valence-electron chi connectivity index (χ2n) is 1.80. The van der Waals surface area contributed by atoms with Crippen LogP contribution in [0.1, 0.15) is 0 Å². The topological polar surface area (TPSA) is 3.24 Å². The van der Waals surface area contributed by atoms with Crippen LogP contribution in [0.15, 0.2) is 25.3 Å². The third kappa shape index (κ3) is 7.79. The van der Waals surface area contributed by atoms with Crippen molar-refractivity contribution in [3.05, 3.63) is 25.3 Å². The lowest BCUT2D eigenvalue weighted by molar-refractivity contribution is 0.413. The highest BCUT2D eigenvalue weighted by Gasteiger charge is 1.86. The van der Waals surface area contributed by atoms with Gasteiger partial charge in [0.2, 0.25) is 0 Å². The zero-order chi connectivity index (χ0) is 6.41. The molecule has 2 radical (unpaired) electrons. The van der Waals surface area contributed by atoms with E-state index in [0.717, 1.165) is 13.1 Å². The van der Waals surface area contributed by atoms with Gasteiger partial charge in [0.15, 0.2) is 0 Å². The van der Waals surface area contributed by atoms with Crippen LogP contribution in [-0.4, -0.2) is 25.0 Å². The Balaban J connectivity index is 0. The molecule has 0 atom stereocenters. The Morgan fingerprint density at radius 3 is 1.78 bits per heavy atom. The van der Waals surface area contributed by atoms with Gasteiger partial charge >= 0.3 is 0 Å². The van der Waals surface area contributed by atoms with E-state index in [1.54, 1.807) is 0 Å². The van der Waals surface area contributed by atoms with E-state index in [9.17, 15) is 0 Å². The van der Waals surface area contributed by atoms with Crippen molar-refractivity contribution in [2.45, 2.75) is 0 Å². The monoisotopic (exact) mass is 143 g/mol. The summed E-state index contributed by atoms with van der Waals surface area (Å²) >= 11 is 0. The van der Waals surface area contributed by atoms with Gasteiger partial charge in [-0.25, -0.2) is 0 Å². The highest BCUT2D eigenvalue weighted by atomic mass is 32.1. The number of likely N-dealkylation sites (N-methyl/N-ethyl adjacent to an activating group) is 1. The molecule has 0 N–H and O–H groups in total. The van der Waals surface area contributed by atoms with E-state index >= 15 is 0 Å². The van der Waals surface area contributed by atoms with E-state index in [1.807, 2.05) is 19.2 Å². The first-order valence-electron chi connectivity index (χ1n) is 2.71. The van der Waals surface area contributed by atoms with Crippen molar-refractivity contribution in [3.8, 4) is 0 Å². The third-order valence-corrected chi connectivity index (χ3v) is 0.882. The fraction of sp³-hybridized carbons (Fsp3) is 0.429. The summed E-state index contributed by atoms with van der Waals surface area (Å²) in [6.07, 6.45) is 3.76. The van der Waals surface area contributed by atoms with Crippen LogP contribution in [0.25, 0.3) is 0 Å². The number of rotatable bonds is 4. The highest BCUT2D eigenvalue weighted by Crippen LogP contribution is 1.80. The summed E-state index contributed by atoms with van der Waals surface area (Å²) in [6, 6.07) is 0. The Labute approximate surface area is 64.5 Å². The molecule has 0 aromatic heterocycles. The standard InChI is InChI=1S/C7H13N.S/c1-4-6-8(3)7-5-2;/h4-5H,1-2,6-7H2,3H3;.